The van der Waals surface area contributed by atoms with Gasteiger partial charge in [0.25, 0.3) is 0 Å². The molecule has 1 fully saturated rings. The Balaban J connectivity index is 1.53. The third kappa shape index (κ3) is 2.40. The highest BCUT2D eigenvalue weighted by Gasteiger charge is 2.49. The molecule has 2 atom stereocenters. The second-order valence-corrected chi connectivity index (χ2v) is 7.31. The maximum atomic E-state index is 11.8. The van der Waals surface area contributed by atoms with Crippen molar-refractivity contribution in [1.29, 1.82) is 0 Å². The Morgan fingerprint density at radius 3 is 3.07 bits per heavy atom. The number of pyridine rings is 1. The predicted molar refractivity (Wildman–Crippen MR) is 100 cm³/mol. The molecule has 2 aliphatic rings. The molecule has 0 radical (unpaired) electrons. The standard InChI is InChI=1S/C21H21N3O3/c1-21-19-16(15-5-3-4-6-17(15)23-19)7-8-24(21)12-18(27-21)13-9-14(11-22-10-13)20(25)26-2/h3-6,9-11,18,23H,7-8,12H2,1-2H3/t18-,21-/m1/s1. The van der Waals surface area contributed by atoms with Crippen molar-refractivity contribution in [3.8, 4) is 0 Å². The second kappa shape index (κ2) is 5.90. The predicted octanol–water partition coefficient (Wildman–Crippen LogP) is 3.15. The number of para-hydroxylation sites is 1. The molecule has 2 aliphatic heterocycles. The Morgan fingerprint density at radius 2 is 2.22 bits per heavy atom. The smallest absolute Gasteiger partial charge is 0.339 e. The number of carbonyl (C=O) groups excluding carboxylic acids is 1. The number of esters is 1. The normalized spacial score (nSPS) is 24.6. The first kappa shape index (κ1) is 16.5. The fourth-order valence-electron chi connectivity index (χ4n) is 4.42. The van der Waals surface area contributed by atoms with Crippen LogP contribution in [0.15, 0.2) is 42.7 Å². The lowest BCUT2D eigenvalue weighted by atomic mass is 9.96. The van der Waals surface area contributed by atoms with Crippen LogP contribution in [0, 0.1) is 0 Å². The first-order chi connectivity index (χ1) is 13.1. The number of hydrogen-bond donors (Lipinski definition) is 1. The first-order valence-electron chi connectivity index (χ1n) is 9.16. The summed E-state index contributed by atoms with van der Waals surface area (Å²) in [4.78, 5) is 22.0. The highest BCUT2D eigenvalue weighted by atomic mass is 16.5. The van der Waals surface area contributed by atoms with Crippen molar-refractivity contribution in [2.24, 2.45) is 0 Å². The van der Waals surface area contributed by atoms with E-state index in [2.05, 4.69) is 40.0 Å². The molecule has 6 nitrogen and oxygen atoms in total. The molecule has 1 N–H and O–H groups in total. The van der Waals surface area contributed by atoms with Crippen molar-refractivity contribution in [3.05, 3.63) is 65.1 Å². The number of hydrogen-bond acceptors (Lipinski definition) is 5. The molecule has 3 aromatic rings. The molecule has 2 aromatic heterocycles. The van der Waals surface area contributed by atoms with Gasteiger partial charge in [0.1, 0.15) is 0 Å². The fraction of sp³-hybridized carbons (Fsp3) is 0.333. The minimum Gasteiger partial charge on any atom is -0.465 e. The Labute approximate surface area is 157 Å². The fourth-order valence-corrected chi connectivity index (χ4v) is 4.42. The minimum atomic E-state index is -0.515. The number of ether oxygens (including phenoxy) is 2. The zero-order valence-electron chi connectivity index (χ0n) is 15.4. The SMILES string of the molecule is COC(=O)c1cncc([C@H]2CN3CCc4c([nH]c5ccccc45)[C@@]3(C)O2)c1. The van der Waals surface area contributed by atoms with Crippen LogP contribution >= 0.6 is 0 Å². The molecule has 1 saturated heterocycles. The average molecular weight is 363 g/mol. The van der Waals surface area contributed by atoms with E-state index in [0.717, 1.165) is 36.3 Å². The lowest BCUT2D eigenvalue weighted by Crippen LogP contribution is -2.44. The molecule has 4 heterocycles. The van der Waals surface area contributed by atoms with E-state index in [9.17, 15) is 4.79 Å². The van der Waals surface area contributed by atoms with Crippen LogP contribution in [0.3, 0.4) is 0 Å². The van der Waals surface area contributed by atoms with Gasteiger partial charge < -0.3 is 14.5 Å². The third-order valence-electron chi connectivity index (χ3n) is 5.82. The summed E-state index contributed by atoms with van der Waals surface area (Å²) in [6.45, 7) is 3.82. The van der Waals surface area contributed by atoms with Gasteiger partial charge in [-0.2, -0.15) is 0 Å². The van der Waals surface area contributed by atoms with Crippen LogP contribution < -0.4 is 0 Å². The van der Waals surface area contributed by atoms with E-state index in [1.807, 2.05) is 12.1 Å². The number of methoxy groups -OCH3 is 1. The van der Waals surface area contributed by atoms with Crippen LogP contribution in [0.4, 0.5) is 0 Å². The van der Waals surface area contributed by atoms with Crippen LogP contribution in [0.1, 0.15) is 40.2 Å². The average Bonchev–Trinajstić information content (AvgIpc) is 3.26. The molecule has 27 heavy (non-hydrogen) atoms. The number of H-pyrrole nitrogens is 1. The van der Waals surface area contributed by atoms with E-state index in [-0.39, 0.29) is 12.1 Å². The summed E-state index contributed by atoms with van der Waals surface area (Å²) in [5.41, 5.74) is 4.44. The highest BCUT2D eigenvalue weighted by molar-refractivity contribution is 5.89. The largest absolute Gasteiger partial charge is 0.465 e. The quantitative estimate of drug-likeness (QED) is 0.709. The molecular weight excluding hydrogens is 342 g/mol. The third-order valence-corrected chi connectivity index (χ3v) is 5.82. The lowest BCUT2D eigenvalue weighted by Gasteiger charge is -2.37. The molecule has 0 saturated carbocycles. The number of benzene rings is 1. The van der Waals surface area contributed by atoms with Crippen molar-refractivity contribution in [2.45, 2.75) is 25.2 Å². The number of fused-ring (bicyclic) bond motifs is 5. The number of nitrogens with zero attached hydrogens (tertiary/aromatic N) is 2. The minimum absolute atomic E-state index is 0.149. The van der Waals surface area contributed by atoms with E-state index in [1.54, 1.807) is 6.20 Å². The summed E-state index contributed by atoms with van der Waals surface area (Å²) in [5.74, 6) is -0.385. The van der Waals surface area contributed by atoms with Crippen LogP contribution in [0.2, 0.25) is 0 Å². The maximum absolute atomic E-state index is 11.8. The van der Waals surface area contributed by atoms with Crippen LogP contribution in [-0.2, 0) is 21.6 Å². The Morgan fingerprint density at radius 1 is 1.37 bits per heavy atom. The van der Waals surface area contributed by atoms with Crippen LogP contribution in [-0.4, -0.2) is 41.0 Å². The Kier molecular flexibility index (Phi) is 3.60. The van der Waals surface area contributed by atoms with Gasteiger partial charge >= 0.3 is 5.97 Å². The number of aromatic nitrogens is 2. The van der Waals surface area contributed by atoms with Gasteiger partial charge in [-0.25, -0.2) is 4.79 Å². The summed E-state index contributed by atoms with van der Waals surface area (Å²) in [6, 6.07) is 10.2. The van der Waals surface area contributed by atoms with E-state index in [0.29, 0.717) is 5.56 Å². The van der Waals surface area contributed by atoms with E-state index in [4.69, 9.17) is 9.47 Å². The van der Waals surface area contributed by atoms with Gasteiger partial charge in [-0.3, -0.25) is 9.88 Å². The van der Waals surface area contributed by atoms with Gasteiger partial charge in [0.15, 0.2) is 5.72 Å². The van der Waals surface area contributed by atoms with Crippen molar-refractivity contribution < 1.29 is 14.3 Å². The molecule has 5 rings (SSSR count). The zero-order valence-corrected chi connectivity index (χ0v) is 15.4. The van der Waals surface area contributed by atoms with Crippen molar-refractivity contribution in [2.75, 3.05) is 20.2 Å². The monoisotopic (exact) mass is 363 g/mol. The van der Waals surface area contributed by atoms with E-state index >= 15 is 0 Å². The molecule has 0 bridgehead atoms. The zero-order chi connectivity index (χ0) is 18.6. The van der Waals surface area contributed by atoms with Crippen LogP contribution in [0.25, 0.3) is 10.9 Å². The van der Waals surface area contributed by atoms with Gasteiger partial charge in [-0.05, 0) is 31.0 Å². The Bertz CT molecular complexity index is 1040. The molecule has 1 aromatic carbocycles. The van der Waals surface area contributed by atoms with Gasteiger partial charge in [-0.1, -0.05) is 18.2 Å². The molecule has 0 aliphatic carbocycles. The number of carbonyl (C=O) groups is 1. The summed E-state index contributed by atoms with van der Waals surface area (Å²) in [5, 5.41) is 1.27. The number of aromatic amines is 1. The van der Waals surface area contributed by atoms with Gasteiger partial charge in [0.2, 0.25) is 0 Å². The number of rotatable bonds is 2. The summed E-state index contributed by atoms with van der Waals surface area (Å²) in [6.07, 6.45) is 4.13. The molecule has 0 amide bonds. The van der Waals surface area contributed by atoms with E-state index in [1.165, 1.54) is 24.3 Å². The van der Waals surface area contributed by atoms with Crippen molar-refractivity contribution >= 4 is 16.9 Å². The summed E-state index contributed by atoms with van der Waals surface area (Å²) in [7, 11) is 1.37. The number of nitrogens with one attached hydrogen (secondary N) is 1. The lowest BCUT2D eigenvalue weighted by molar-refractivity contribution is -0.106. The molecule has 0 spiro atoms. The molecule has 138 valence electrons. The van der Waals surface area contributed by atoms with Crippen LogP contribution in [0.5, 0.6) is 0 Å². The maximum Gasteiger partial charge on any atom is 0.339 e. The van der Waals surface area contributed by atoms with E-state index < -0.39 is 5.72 Å². The highest BCUT2D eigenvalue weighted by Crippen LogP contribution is 2.47. The summed E-state index contributed by atoms with van der Waals surface area (Å²) < 4.78 is 11.4. The molecule has 0 unspecified atom stereocenters. The van der Waals surface area contributed by atoms with Gasteiger partial charge in [-0.15, -0.1) is 0 Å². The Hall–Kier alpha value is -2.70. The van der Waals surface area contributed by atoms with Gasteiger partial charge in [0, 0.05) is 41.9 Å². The topological polar surface area (TPSA) is 67.5 Å². The molecule has 6 heteroatoms. The molecular formula is C21H21N3O3. The first-order valence-corrected chi connectivity index (χ1v) is 9.16. The van der Waals surface area contributed by atoms with Gasteiger partial charge in [0.05, 0.1) is 24.5 Å². The summed E-state index contributed by atoms with van der Waals surface area (Å²) >= 11 is 0. The van der Waals surface area contributed by atoms with Crippen molar-refractivity contribution in [1.82, 2.24) is 14.9 Å². The second-order valence-electron chi connectivity index (χ2n) is 7.31. The van der Waals surface area contributed by atoms with Crippen molar-refractivity contribution in [3.63, 3.8) is 0 Å².